The van der Waals surface area contributed by atoms with E-state index in [4.69, 9.17) is 0 Å². The van der Waals surface area contributed by atoms with Gasteiger partial charge in [0.2, 0.25) is 0 Å². The van der Waals surface area contributed by atoms with E-state index in [2.05, 4.69) is 20.9 Å². The van der Waals surface area contributed by atoms with Gasteiger partial charge in [-0.15, -0.1) is 21.6 Å². The number of fused-ring (bicyclic) bond motifs is 1. The fourth-order valence-electron chi connectivity index (χ4n) is 3.72. The molecule has 7 nitrogen and oxygen atoms in total. The Bertz CT molecular complexity index is 1460. The van der Waals surface area contributed by atoms with Gasteiger partial charge in [0, 0.05) is 17.6 Å². The third-order valence-electron chi connectivity index (χ3n) is 5.57. The van der Waals surface area contributed by atoms with E-state index in [-0.39, 0.29) is 22.9 Å². The van der Waals surface area contributed by atoms with Crippen LogP contribution in [-0.4, -0.2) is 24.0 Å². The summed E-state index contributed by atoms with van der Waals surface area (Å²) in [5.41, 5.74) is 3.16. The Balaban J connectivity index is 1.80. The zero-order chi connectivity index (χ0) is 24.4. The van der Waals surface area contributed by atoms with E-state index in [9.17, 15) is 14.7 Å². The van der Waals surface area contributed by atoms with Crippen molar-refractivity contribution < 1.29 is 14.7 Å². The Hall–Kier alpha value is -4.04. The maximum Gasteiger partial charge on any atom is 0.260 e. The molecule has 0 aliphatic heterocycles. The Morgan fingerprint density at radius 1 is 0.912 bits per heavy atom. The van der Waals surface area contributed by atoms with Crippen molar-refractivity contribution in [3.05, 3.63) is 81.7 Å². The number of phenols is 1. The molecule has 172 valence electrons. The predicted molar refractivity (Wildman–Crippen MR) is 136 cm³/mol. The highest BCUT2D eigenvalue weighted by Crippen LogP contribution is 2.40. The Morgan fingerprint density at radius 3 is 2.41 bits per heavy atom. The van der Waals surface area contributed by atoms with Gasteiger partial charge < -0.3 is 15.7 Å². The van der Waals surface area contributed by atoms with Gasteiger partial charge in [0.15, 0.2) is 10.8 Å². The summed E-state index contributed by atoms with van der Waals surface area (Å²) >= 11 is 1.34. The standard InChI is InChI=1S/C26H24N4O3S/c1-14-8-7-10-18(12-14)28-25(33)22-19-11-6-5-9-17(19)13-20(23(22)31)29-30-26-21(24(32)27-4)15(2)16(3)34-26/h5-13,31H,1-4H3,(H,27,32)(H,28,33). The molecule has 0 radical (unpaired) electrons. The van der Waals surface area contributed by atoms with Crippen LogP contribution in [0.5, 0.6) is 5.75 Å². The molecule has 0 spiro atoms. The third kappa shape index (κ3) is 4.40. The molecule has 0 saturated carbocycles. The second-order valence-electron chi connectivity index (χ2n) is 7.91. The van der Waals surface area contributed by atoms with E-state index >= 15 is 0 Å². The lowest BCUT2D eigenvalue weighted by atomic mass is 10.0. The molecule has 4 aromatic rings. The molecule has 0 unspecified atom stereocenters. The zero-order valence-electron chi connectivity index (χ0n) is 19.3. The normalized spacial score (nSPS) is 11.2. The minimum absolute atomic E-state index is 0.110. The van der Waals surface area contributed by atoms with Gasteiger partial charge in [-0.2, -0.15) is 0 Å². The van der Waals surface area contributed by atoms with Crippen LogP contribution in [0.15, 0.2) is 64.8 Å². The second kappa shape index (κ2) is 9.44. The van der Waals surface area contributed by atoms with Crippen LogP contribution in [0.4, 0.5) is 16.4 Å². The van der Waals surface area contributed by atoms with Crippen molar-refractivity contribution in [1.82, 2.24) is 5.32 Å². The number of anilines is 1. The number of hydrogen-bond acceptors (Lipinski definition) is 6. The number of rotatable bonds is 5. The molecular weight excluding hydrogens is 448 g/mol. The van der Waals surface area contributed by atoms with Crippen molar-refractivity contribution in [2.45, 2.75) is 20.8 Å². The molecule has 0 saturated heterocycles. The Morgan fingerprint density at radius 2 is 1.68 bits per heavy atom. The largest absolute Gasteiger partial charge is 0.505 e. The molecule has 0 bridgehead atoms. The van der Waals surface area contributed by atoms with Crippen LogP contribution in [0.3, 0.4) is 0 Å². The minimum Gasteiger partial charge on any atom is -0.505 e. The second-order valence-corrected chi connectivity index (χ2v) is 9.11. The first-order valence-corrected chi connectivity index (χ1v) is 11.5. The number of carbonyl (C=O) groups is 2. The van der Waals surface area contributed by atoms with Gasteiger partial charge in [-0.25, -0.2) is 0 Å². The number of carbonyl (C=O) groups excluding carboxylic acids is 2. The Kier molecular flexibility index (Phi) is 6.43. The molecule has 3 N–H and O–H groups in total. The first-order chi connectivity index (χ1) is 16.3. The summed E-state index contributed by atoms with van der Waals surface area (Å²) < 4.78 is 0. The summed E-state index contributed by atoms with van der Waals surface area (Å²) in [7, 11) is 1.56. The van der Waals surface area contributed by atoms with E-state index in [0.717, 1.165) is 21.4 Å². The summed E-state index contributed by atoms with van der Waals surface area (Å²) in [5.74, 6) is -0.985. The van der Waals surface area contributed by atoms with Crippen molar-refractivity contribution in [1.29, 1.82) is 0 Å². The van der Waals surface area contributed by atoms with E-state index in [1.54, 1.807) is 31.3 Å². The maximum absolute atomic E-state index is 13.2. The first-order valence-electron chi connectivity index (χ1n) is 10.7. The number of thiophene rings is 1. The smallest absolute Gasteiger partial charge is 0.260 e. The van der Waals surface area contributed by atoms with Crippen LogP contribution in [-0.2, 0) is 0 Å². The van der Waals surface area contributed by atoms with Crippen LogP contribution in [0, 0.1) is 20.8 Å². The Labute approximate surface area is 201 Å². The number of nitrogens with one attached hydrogen (secondary N) is 2. The van der Waals surface area contributed by atoms with Gasteiger partial charge in [-0.3, -0.25) is 9.59 Å². The third-order valence-corrected chi connectivity index (χ3v) is 6.67. The molecule has 1 heterocycles. The number of azo groups is 1. The number of nitrogens with zero attached hydrogens (tertiary/aromatic N) is 2. The van der Waals surface area contributed by atoms with Crippen molar-refractivity contribution >= 4 is 50.3 Å². The molecule has 2 amide bonds. The average molecular weight is 473 g/mol. The summed E-state index contributed by atoms with van der Waals surface area (Å²) in [5, 5.41) is 26.8. The minimum atomic E-state index is -0.454. The van der Waals surface area contributed by atoms with E-state index in [0.29, 0.717) is 21.6 Å². The molecule has 8 heteroatoms. The van der Waals surface area contributed by atoms with Crippen LogP contribution in [0.2, 0.25) is 0 Å². The lowest BCUT2D eigenvalue weighted by Crippen LogP contribution is -2.18. The summed E-state index contributed by atoms with van der Waals surface area (Å²) in [4.78, 5) is 26.5. The fraction of sp³-hybridized carbons (Fsp3) is 0.154. The van der Waals surface area contributed by atoms with Crippen LogP contribution >= 0.6 is 11.3 Å². The van der Waals surface area contributed by atoms with Gasteiger partial charge >= 0.3 is 0 Å². The van der Waals surface area contributed by atoms with Crippen LogP contribution < -0.4 is 10.6 Å². The van der Waals surface area contributed by atoms with Crippen molar-refractivity contribution in [2.24, 2.45) is 10.2 Å². The molecule has 0 fully saturated rings. The number of benzene rings is 3. The lowest BCUT2D eigenvalue weighted by molar-refractivity contribution is 0.0962. The summed E-state index contributed by atoms with van der Waals surface area (Å²) in [6.07, 6.45) is 0. The molecule has 0 aliphatic rings. The zero-order valence-corrected chi connectivity index (χ0v) is 20.1. The molecule has 0 aliphatic carbocycles. The van der Waals surface area contributed by atoms with Gasteiger partial charge in [-0.05, 0) is 60.9 Å². The van der Waals surface area contributed by atoms with Gasteiger partial charge in [0.1, 0.15) is 5.69 Å². The lowest BCUT2D eigenvalue weighted by Gasteiger charge is -2.12. The molecule has 4 rings (SSSR count). The fourth-order valence-corrected chi connectivity index (χ4v) is 4.69. The monoisotopic (exact) mass is 472 g/mol. The maximum atomic E-state index is 13.2. The van der Waals surface area contributed by atoms with Crippen LogP contribution in [0.1, 0.15) is 36.7 Å². The average Bonchev–Trinajstić information content (AvgIpc) is 3.10. The van der Waals surface area contributed by atoms with Crippen LogP contribution in [0.25, 0.3) is 10.8 Å². The van der Waals surface area contributed by atoms with Crippen molar-refractivity contribution in [2.75, 3.05) is 12.4 Å². The van der Waals surface area contributed by atoms with Gasteiger partial charge in [0.25, 0.3) is 11.8 Å². The number of phenolic OH excluding ortho intramolecular Hbond substituents is 1. The van der Waals surface area contributed by atoms with Gasteiger partial charge in [0.05, 0.1) is 11.1 Å². The molecule has 1 aromatic heterocycles. The summed E-state index contributed by atoms with van der Waals surface area (Å²) in [6.45, 7) is 5.70. The number of hydrogen-bond donors (Lipinski definition) is 3. The number of amides is 2. The highest BCUT2D eigenvalue weighted by Gasteiger charge is 2.21. The molecule has 34 heavy (non-hydrogen) atoms. The number of aryl methyl sites for hydroxylation is 2. The predicted octanol–water partition coefficient (Wildman–Crippen LogP) is 6.56. The van der Waals surface area contributed by atoms with Crippen molar-refractivity contribution in [3.8, 4) is 5.75 Å². The quantitative estimate of drug-likeness (QED) is 0.287. The number of aromatic hydroxyl groups is 1. The molecule has 0 atom stereocenters. The molecule has 3 aromatic carbocycles. The van der Waals surface area contributed by atoms with E-state index in [1.165, 1.54) is 11.3 Å². The van der Waals surface area contributed by atoms with Crippen molar-refractivity contribution in [3.63, 3.8) is 0 Å². The highest BCUT2D eigenvalue weighted by atomic mass is 32.1. The van der Waals surface area contributed by atoms with E-state index in [1.807, 2.05) is 51.1 Å². The first kappa shape index (κ1) is 23.1. The summed E-state index contributed by atoms with van der Waals surface area (Å²) in [6, 6.07) is 16.4. The SMILES string of the molecule is CNC(=O)c1c(N=Nc2cc3ccccc3c(C(=O)Nc3cccc(C)c3)c2O)sc(C)c1C. The molecular formula is C26H24N4O3S. The van der Waals surface area contributed by atoms with Gasteiger partial charge in [-0.1, -0.05) is 36.4 Å². The van der Waals surface area contributed by atoms with E-state index < -0.39 is 5.91 Å². The highest BCUT2D eigenvalue weighted by molar-refractivity contribution is 7.16. The topological polar surface area (TPSA) is 103 Å².